The van der Waals surface area contributed by atoms with Crippen LogP contribution in [0.2, 0.25) is 10.0 Å². The Balaban J connectivity index is -0.000000189. The van der Waals surface area contributed by atoms with Crippen molar-refractivity contribution < 1.29 is 15.4 Å². The van der Waals surface area contributed by atoms with Crippen molar-refractivity contribution in [3.63, 3.8) is 0 Å². The highest BCUT2D eigenvalue weighted by atomic mass is 35.5. The van der Waals surface area contributed by atoms with Gasteiger partial charge in [-0.25, -0.2) is 0 Å². The Kier molecular flexibility index (Phi) is 15.4. The molecule has 98 valence electrons. The number of hydrogen-bond donors (Lipinski definition) is 4. The van der Waals surface area contributed by atoms with Crippen molar-refractivity contribution >= 4 is 35.1 Å². The van der Waals surface area contributed by atoms with E-state index in [2.05, 4.69) is 11.5 Å². The highest BCUT2D eigenvalue weighted by Gasteiger charge is 1.89. The summed E-state index contributed by atoms with van der Waals surface area (Å²) in [5, 5.41) is 14.7. The minimum atomic E-state index is -0.833. The number of benzene rings is 1. The molecule has 8 N–H and O–H groups in total. The van der Waals surface area contributed by atoms with E-state index in [0.29, 0.717) is 10.0 Å². The third kappa shape index (κ3) is 25.1. The predicted octanol–water partition coefficient (Wildman–Crippen LogP) is 1.10. The fraction of sp³-hybridized carbons (Fsp3) is 0.111. The number of nitrogens with two attached hydrogens (primary N) is 2. The smallest absolute Gasteiger partial charge is 0.300 e. The topological polar surface area (TPSA) is 145 Å². The Labute approximate surface area is 109 Å². The van der Waals surface area contributed by atoms with Gasteiger partial charge in [0, 0.05) is 6.92 Å². The van der Waals surface area contributed by atoms with Gasteiger partial charge in [0.25, 0.3) is 5.97 Å². The van der Waals surface area contributed by atoms with E-state index in [-0.39, 0.29) is 11.4 Å². The number of carbonyl (C=O) groups is 1. The zero-order valence-electron chi connectivity index (χ0n) is 9.08. The maximum absolute atomic E-state index is 9.00. The van der Waals surface area contributed by atoms with Gasteiger partial charge in [-0.1, -0.05) is 35.3 Å². The van der Waals surface area contributed by atoms with E-state index >= 15 is 0 Å². The molecule has 0 radical (unpaired) electrons. The van der Waals surface area contributed by atoms with E-state index in [0.717, 1.165) is 6.92 Å². The van der Waals surface area contributed by atoms with Crippen molar-refractivity contribution in [3.05, 3.63) is 34.3 Å². The van der Waals surface area contributed by atoms with Crippen molar-refractivity contribution in [2.45, 2.75) is 6.92 Å². The minimum absolute atomic E-state index is 0. The van der Waals surface area contributed by atoms with Gasteiger partial charge in [-0.15, -0.1) is 0 Å². The van der Waals surface area contributed by atoms with Gasteiger partial charge in [-0.05, 0) is 12.1 Å². The van der Waals surface area contributed by atoms with Crippen LogP contribution >= 0.6 is 23.2 Å². The highest BCUT2D eigenvalue weighted by molar-refractivity contribution is 6.41. The van der Waals surface area contributed by atoms with Crippen LogP contribution in [-0.4, -0.2) is 22.5 Å². The molecule has 0 saturated carbocycles. The number of carboxylic acid groups (broad SMARTS) is 1. The standard InChI is InChI=1S/C6H4Cl2.C2H4O2.CH5N3.H2O/c7-5-3-1-2-4-6(5)8;1-2(3)4;2-1(3)4;/h1-4H;1H3,(H,3,4);(H5,2,3,4);1H2. The first-order valence-electron chi connectivity index (χ1n) is 3.96. The molecule has 0 unspecified atom stereocenters. The van der Waals surface area contributed by atoms with E-state index in [9.17, 15) is 0 Å². The number of halogens is 2. The molecule has 1 aromatic carbocycles. The number of guanidine groups is 1. The maximum atomic E-state index is 9.00. The third-order valence-electron chi connectivity index (χ3n) is 0.824. The summed E-state index contributed by atoms with van der Waals surface area (Å²) in [4.78, 5) is 9.00. The van der Waals surface area contributed by atoms with Gasteiger partial charge in [-0.2, -0.15) is 0 Å². The number of rotatable bonds is 0. The van der Waals surface area contributed by atoms with Crippen LogP contribution in [0.25, 0.3) is 0 Å². The molecule has 0 aliphatic heterocycles. The third-order valence-corrected chi connectivity index (χ3v) is 1.58. The Morgan fingerprint density at radius 3 is 1.53 bits per heavy atom. The second kappa shape index (κ2) is 12.6. The van der Waals surface area contributed by atoms with E-state index in [1.54, 1.807) is 12.1 Å². The summed E-state index contributed by atoms with van der Waals surface area (Å²) in [6, 6.07) is 7.19. The molecule has 6 nitrogen and oxygen atoms in total. The van der Waals surface area contributed by atoms with Gasteiger partial charge in [-0.3, -0.25) is 10.2 Å². The first kappa shape index (κ1) is 20.9. The lowest BCUT2D eigenvalue weighted by atomic mass is 10.4. The van der Waals surface area contributed by atoms with Crippen LogP contribution in [0, 0.1) is 5.41 Å². The molecule has 0 aliphatic carbocycles. The van der Waals surface area contributed by atoms with E-state index in [1.165, 1.54) is 0 Å². The first-order valence-corrected chi connectivity index (χ1v) is 4.72. The van der Waals surface area contributed by atoms with Crippen molar-refractivity contribution in [1.82, 2.24) is 0 Å². The van der Waals surface area contributed by atoms with Crippen LogP contribution in [0.3, 0.4) is 0 Å². The summed E-state index contributed by atoms with van der Waals surface area (Å²) in [5.74, 6) is -1.17. The highest BCUT2D eigenvalue weighted by Crippen LogP contribution is 2.19. The molecule has 17 heavy (non-hydrogen) atoms. The molecule has 0 aliphatic rings. The van der Waals surface area contributed by atoms with Crippen LogP contribution in [0.15, 0.2) is 24.3 Å². The SMILES string of the molecule is CC(=O)O.Clc1ccccc1Cl.N=C(N)N.O. The molecule has 0 bridgehead atoms. The number of nitrogens with one attached hydrogen (secondary N) is 1. The molecule has 0 spiro atoms. The molecule has 0 heterocycles. The van der Waals surface area contributed by atoms with E-state index < -0.39 is 5.97 Å². The Morgan fingerprint density at radius 2 is 1.41 bits per heavy atom. The molecule has 8 heteroatoms. The van der Waals surface area contributed by atoms with Crippen molar-refractivity contribution in [2.75, 3.05) is 0 Å². The minimum Gasteiger partial charge on any atom is -0.481 e. The fourth-order valence-corrected chi connectivity index (χ4v) is 0.711. The summed E-state index contributed by atoms with van der Waals surface area (Å²) >= 11 is 11.2. The van der Waals surface area contributed by atoms with E-state index in [1.807, 2.05) is 12.1 Å². The quantitative estimate of drug-likeness (QED) is 0.417. The average molecular weight is 284 g/mol. The van der Waals surface area contributed by atoms with Crippen LogP contribution in [0.1, 0.15) is 6.92 Å². The molecular formula is C9H15Cl2N3O3. The zero-order chi connectivity index (χ0) is 13.1. The summed E-state index contributed by atoms with van der Waals surface area (Å²) < 4.78 is 0. The Morgan fingerprint density at radius 1 is 1.24 bits per heavy atom. The van der Waals surface area contributed by atoms with Gasteiger partial charge in [0.1, 0.15) is 0 Å². The van der Waals surface area contributed by atoms with Gasteiger partial charge in [0.05, 0.1) is 10.0 Å². The van der Waals surface area contributed by atoms with Crippen LogP contribution in [-0.2, 0) is 4.79 Å². The van der Waals surface area contributed by atoms with E-state index in [4.69, 9.17) is 38.5 Å². The van der Waals surface area contributed by atoms with Gasteiger partial charge in [0.15, 0.2) is 5.96 Å². The normalized spacial score (nSPS) is 7.24. The molecular weight excluding hydrogens is 269 g/mol. The summed E-state index contributed by atoms with van der Waals surface area (Å²) in [7, 11) is 0. The van der Waals surface area contributed by atoms with Gasteiger partial charge >= 0.3 is 0 Å². The summed E-state index contributed by atoms with van der Waals surface area (Å²) in [6.07, 6.45) is 0. The predicted molar refractivity (Wildman–Crippen MR) is 69.5 cm³/mol. The number of carboxylic acids is 1. The van der Waals surface area contributed by atoms with Crippen molar-refractivity contribution in [1.29, 1.82) is 5.41 Å². The maximum Gasteiger partial charge on any atom is 0.300 e. The van der Waals surface area contributed by atoms with Crippen LogP contribution < -0.4 is 11.5 Å². The van der Waals surface area contributed by atoms with Crippen LogP contribution in [0.5, 0.6) is 0 Å². The molecule has 1 aromatic rings. The monoisotopic (exact) mass is 283 g/mol. The van der Waals surface area contributed by atoms with Gasteiger partial charge in [0.2, 0.25) is 0 Å². The number of hydrogen-bond acceptors (Lipinski definition) is 2. The fourth-order valence-electron chi connectivity index (χ4n) is 0.439. The molecule has 1 rings (SSSR count). The van der Waals surface area contributed by atoms with Crippen LogP contribution in [0.4, 0.5) is 0 Å². The molecule has 0 fully saturated rings. The second-order valence-electron chi connectivity index (χ2n) is 2.39. The van der Waals surface area contributed by atoms with Crippen molar-refractivity contribution in [2.24, 2.45) is 11.5 Å². The Bertz CT molecular complexity index is 307. The lowest BCUT2D eigenvalue weighted by Gasteiger charge is -1.88. The molecule has 0 atom stereocenters. The Hall–Kier alpha value is -1.50. The lowest BCUT2D eigenvalue weighted by Crippen LogP contribution is -2.20. The first-order chi connectivity index (χ1) is 7.27. The number of aliphatic carboxylic acids is 1. The zero-order valence-corrected chi connectivity index (χ0v) is 10.6. The molecule has 0 amide bonds. The largest absolute Gasteiger partial charge is 0.481 e. The second-order valence-corrected chi connectivity index (χ2v) is 3.20. The molecule has 0 aromatic heterocycles. The summed E-state index contributed by atoms with van der Waals surface area (Å²) in [5.41, 5.74) is 8.94. The summed E-state index contributed by atoms with van der Waals surface area (Å²) in [6.45, 7) is 1.08. The molecule has 0 saturated heterocycles. The lowest BCUT2D eigenvalue weighted by molar-refractivity contribution is -0.134. The average Bonchev–Trinajstić information content (AvgIpc) is 2.08. The van der Waals surface area contributed by atoms with Gasteiger partial charge < -0.3 is 22.1 Å². The van der Waals surface area contributed by atoms with Crippen molar-refractivity contribution in [3.8, 4) is 0 Å².